The summed E-state index contributed by atoms with van der Waals surface area (Å²) in [5.74, 6) is -0.130. The van der Waals surface area contributed by atoms with Gasteiger partial charge in [-0.2, -0.15) is 0 Å². The molecular formula is C13H18N6O3. The number of carbonyl (C=O) groups is 1. The van der Waals surface area contributed by atoms with Gasteiger partial charge in [-0.3, -0.25) is 14.2 Å². The van der Waals surface area contributed by atoms with E-state index in [9.17, 15) is 9.59 Å². The third-order valence-corrected chi connectivity index (χ3v) is 3.66. The molecule has 9 nitrogen and oxygen atoms in total. The third-order valence-electron chi connectivity index (χ3n) is 3.66. The molecule has 0 unspecified atom stereocenters. The van der Waals surface area contributed by atoms with Crippen LogP contribution in [0, 0.1) is 0 Å². The molecule has 0 spiro atoms. The van der Waals surface area contributed by atoms with Crippen LogP contribution in [0.3, 0.4) is 0 Å². The second-order valence-corrected chi connectivity index (χ2v) is 5.62. The first-order valence-electron chi connectivity index (χ1n) is 7.13. The van der Waals surface area contributed by atoms with E-state index in [0.717, 1.165) is 0 Å². The Kier molecular flexibility index (Phi) is 3.65. The van der Waals surface area contributed by atoms with Crippen LogP contribution >= 0.6 is 0 Å². The fourth-order valence-corrected chi connectivity index (χ4v) is 2.69. The van der Waals surface area contributed by atoms with Gasteiger partial charge in [0.15, 0.2) is 11.2 Å². The minimum atomic E-state index is -0.360. The van der Waals surface area contributed by atoms with Gasteiger partial charge in [-0.15, -0.1) is 5.10 Å². The number of hydrogen-bond donors (Lipinski definition) is 0. The molecule has 2 aromatic rings. The van der Waals surface area contributed by atoms with Crippen molar-refractivity contribution in [2.45, 2.75) is 32.6 Å². The number of nitrogens with zero attached hydrogens (tertiary/aromatic N) is 6. The monoisotopic (exact) mass is 306 g/mol. The average Bonchev–Trinajstić information content (AvgIpc) is 2.83. The predicted octanol–water partition coefficient (Wildman–Crippen LogP) is -0.839. The second kappa shape index (κ2) is 5.48. The van der Waals surface area contributed by atoms with Crippen LogP contribution in [-0.2, 0) is 23.1 Å². The zero-order valence-corrected chi connectivity index (χ0v) is 12.8. The van der Waals surface area contributed by atoms with E-state index in [-0.39, 0.29) is 35.7 Å². The molecule has 0 bridgehead atoms. The lowest BCUT2D eigenvalue weighted by Gasteiger charge is -2.35. The molecule has 9 heteroatoms. The highest BCUT2D eigenvalue weighted by Crippen LogP contribution is 2.11. The van der Waals surface area contributed by atoms with E-state index in [2.05, 4.69) is 15.3 Å². The maximum atomic E-state index is 12.4. The normalized spacial score (nSPS) is 22.2. The second-order valence-electron chi connectivity index (χ2n) is 5.62. The third kappa shape index (κ3) is 2.59. The van der Waals surface area contributed by atoms with Gasteiger partial charge in [-0.05, 0) is 13.8 Å². The van der Waals surface area contributed by atoms with Gasteiger partial charge >= 0.3 is 0 Å². The number of fused-ring (bicyclic) bond motifs is 1. The van der Waals surface area contributed by atoms with Crippen molar-refractivity contribution in [3.8, 4) is 0 Å². The van der Waals surface area contributed by atoms with Crippen molar-refractivity contribution in [1.82, 2.24) is 29.4 Å². The Morgan fingerprint density at radius 2 is 2.05 bits per heavy atom. The van der Waals surface area contributed by atoms with Gasteiger partial charge < -0.3 is 9.64 Å². The number of amides is 1. The first-order valence-corrected chi connectivity index (χ1v) is 7.13. The fourth-order valence-electron chi connectivity index (χ4n) is 2.69. The van der Waals surface area contributed by atoms with Gasteiger partial charge in [-0.1, -0.05) is 5.21 Å². The van der Waals surface area contributed by atoms with E-state index in [1.54, 1.807) is 11.9 Å². The van der Waals surface area contributed by atoms with Gasteiger partial charge in [0.2, 0.25) is 5.91 Å². The largest absolute Gasteiger partial charge is 0.372 e. The number of aromatic nitrogens is 5. The van der Waals surface area contributed by atoms with Gasteiger partial charge in [0.05, 0.1) is 12.2 Å². The molecule has 0 N–H and O–H groups in total. The molecule has 2 aromatic heterocycles. The molecule has 0 aliphatic carbocycles. The Bertz CT molecular complexity index is 757. The Morgan fingerprint density at radius 3 is 2.73 bits per heavy atom. The smallest absolute Gasteiger partial charge is 0.283 e. The SMILES string of the molecule is C[C@@H]1CN(C(=O)Cn2cnc3c(nnn3C)c2=O)C[C@H](C)O1. The van der Waals surface area contributed by atoms with Crippen LogP contribution in [-0.4, -0.2) is 60.6 Å². The lowest BCUT2D eigenvalue weighted by Crippen LogP contribution is -2.49. The zero-order valence-electron chi connectivity index (χ0n) is 12.8. The molecule has 0 radical (unpaired) electrons. The molecule has 0 aromatic carbocycles. The van der Waals surface area contributed by atoms with E-state index in [1.807, 2.05) is 13.8 Å². The number of rotatable bonds is 2. The summed E-state index contributed by atoms with van der Waals surface area (Å²) < 4.78 is 8.30. The summed E-state index contributed by atoms with van der Waals surface area (Å²) in [5, 5.41) is 7.56. The first-order chi connectivity index (χ1) is 10.5. The highest BCUT2D eigenvalue weighted by atomic mass is 16.5. The topological polar surface area (TPSA) is 95.1 Å². The van der Waals surface area contributed by atoms with Crippen LogP contribution in [0.2, 0.25) is 0 Å². The van der Waals surface area contributed by atoms with Gasteiger partial charge in [-0.25, -0.2) is 9.67 Å². The van der Waals surface area contributed by atoms with E-state index >= 15 is 0 Å². The number of ether oxygens (including phenoxy) is 1. The maximum Gasteiger partial charge on any atom is 0.283 e. The summed E-state index contributed by atoms with van der Waals surface area (Å²) in [7, 11) is 1.66. The Morgan fingerprint density at radius 1 is 1.36 bits per heavy atom. The molecule has 22 heavy (non-hydrogen) atoms. The van der Waals surface area contributed by atoms with Gasteiger partial charge in [0.1, 0.15) is 12.9 Å². The zero-order chi connectivity index (χ0) is 15.9. The van der Waals surface area contributed by atoms with Crippen LogP contribution in [0.25, 0.3) is 11.2 Å². The summed E-state index contributed by atoms with van der Waals surface area (Å²) in [5.41, 5.74) is 0.213. The van der Waals surface area contributed by atoms with Crippen molar-refractivity contribution >= 4 is 17.1 Å². The van der Waals surface area contributed by atoms with Crippen LogP contribution in [0.4, 0.5) is 0 Å². The summed E-state index contributed by atoms with van der Waals surface area (Å²) in [6.07, 6.45) is 1.34. The van der Waals surface area contributed by atoms with E-state index in [0.29, 0.717) is 18.7 Å². The molecule has 1 aliphatic rings. The lowest BCUT2D eigenvalue weighted by atomic mass is 10.2. The molecule has 1 aliphatic heterocycles. The molecule has 1 fully saturated rings. The first kappa shape index (κ1) is 14.6. The summed E-state index contributed by atoms with van der Waals surface area (Å²) in [6.45, 7) is 4.85. The van der Waals surface area contributed by atoms with E-state index < -0.39 is 0 Å². The summed E-state index contributed by atoms with van der Waals surface area (Å²) in [6, 6.07) is 0. The number of morpholine rings is 1. The molecule has 1 amide bonds. The standard InChI is InChI=1S/C13H18N6O3/c1-8-4-18(5-9(2)22-8)10(20)6-19-7-14-12-11(13(19)21)15-16-17(12)3/h7-9H,4-6H2,1-3H3/t8-,9+. The highest BCUT2D eigenvalue weighted by Gasteiger charge is 2.26. The summed E-state index contributed by atoms with van der Waals surface area (Å²) >= 11 is 0. The van der Waals surface area contributed by atoms with Crippen molar-refractivity contribution < 1.29 is 9.53 Å². The van der Waals surface area contributed by atoms with Gasteiger partial charge in [0, 0.05) is 20.1 Å². The predicted molar refractivity (Wildman–Crippen MR) is 77.2 cm³/mol. The van der Waals surface area contributed by atoms with Crippen molar-refractivity contribution in [3.05, 3.63) is 16.7 Å². The number of hydrogen-bond acceptors (Lipinski definition) is 6. The molecule has 0 saturated carbocycles. The molecular weight excluding hydrogens is 288 g/mol. The lowest BCUT2D eigenvalue weighted by molar-refractivity contribution is -0.143. The molecule has 3 heterocycles. The Hall–Kier alpha value is -2.29. The van der Waals surface area contributed by atoms with Crippen molar-refractivity contribution in [3.63, 3.8) is 0 Å². The van der Waals surface area contributed by atoms with Crippen LogP contribution in [0.1, 0.15) is 13.8 Å². The molecule has 2 atom stereocenters. The van der Waals surface area contributed by atoms with Crippen LogP contribution < -0.4 is 5.56 Å². The van der Waals surface area contributed by atoms with E-state index in [4.69, 9.17) is 4.74 Å². The average molecular weight is 306 g/mol. The number of carbonyl (C=O) groups excluding carboxylic acids is 1. The minimum Gasteiger partial charge on any atom is -0.372 e. The summed E-state index contributed by atoms with van der Waals surface area (Å²) in [4.78, 5) is 30.5. The van der Waals surface area contributed by atoms with Gasteiger partial charge in [0.25, 0.3) is 5.56 Å². The minimum absolute atomic E-state index is 0.00924. The molecule has 118 valence electrons. The Labute approximate surface area is 126 Å². The van der Waals surface area contributed by atoms with Crippen LogP contribution in [0.15, 0.2) is 11.1 Å². The van der Waals surface area contributed by atoms with Crippen LogP contribution in [0.5, 0.6) is 0 Å². The van der Waals surface area contributed by atoms with Crippen molar-refractivity contribution in [2.24, 2.45) is 7.05 Å². The highest BCUT2D eigenvalue weighted by molar-refractivity contribution is 5.76. The molecule has 1 saturated heterocycles. The fraction of sp³-hybridized carbons (Fsp3) is 0.615. The quantitative estimate of drug-likeness (QED) is 0.718. The maximum absolute atomic E-state index is 12.4. The van der Waals surface area contributed by atoms with Crippen molar-refractivity contribution in [1.29, 1.82) is 0 Å². The van der Waals surface area contributed by atoms with E-state index in [1.165, 1.54) is 15.6 Å². The Balaban J connectivity index is 1.82. The number of aryl methyl sites for hydroxylation is 1. The van der Waals surface area contributed by atoms with Crippen molar-refractivity contribution in [2.75, 3.05) is 13.1 Å². The molecule has 3 rings (SSSR count).